The molecule has 9 nitrogen and oxygen atoms in total. The van der Waals surface area contributed by atoms with Crippen LogP contribution < -0.4 is 9.64 Å². The molecule has 1 aromatic heterocycles. The first-order chi connectivity index (χ1) is 15.5. The van der Waals surface area contributed by atoms with Gasteiger partial charge in [0.15, 0.2) is 0 Å². The van der Waals surface area contributed by atoms with Gasteiger partial charge in [-0.05, 0) is 42.5 Å². The molecule has 1 aliphatic heterocycles. The van der Waals surface area contributed by atoms with E-state index in [1.165, 1.54) is 12.1 Å². The second-order valence-electron chi connectivity index (χ2n) is 7.31. The molecule has 0 bridgehead atoms. The first-order valence-electron chi connectivity index (χ1n) is 10.1. The molecule has 0 radical (unpaired) electrons. The van der Waals surface area contributed by atoms with Crippen LogP contribution >= 0.6 is 0 Å². The van der Waals surface area contributed by atoms with Gasteiger partial charge in [0.25, 0.3) is 11.6 Å². The summed E-state index contributed by atoms with van der Waals surface area (Å²) in [6.07, 6.45) is 1.72. The molecule has 162 valence electrons. The predicted octanol–water partition coefficient (Wildman–Crippen LogP) is 3.23. The minimum absolute atomic E-state index is 0.0471. The Bertz CT molecular complexity index is 1170. The fourth-order valence-electron chi connectivity index (χ4n) is 3.80. The number of amides is 1. The second kappa shape index (κ2) is 8.81. The van der Waals surface area contributed by atoms with Crippen LogP contribution in [0.25, 0.3) is 5.69 Å². The lowest BCUT2D eigenvalue weighted by molar-refractivity contribution is -0.384. The summed E-state index contributed by atoms with van der Waals surface area (Å²) in [6, 6.07) is 17.4. The van der Waals surface area contributed by atoms with Crippen LogP contribution in [0.2, 0.25) is 0 Å². The molecular weight excluding hydrogens is 410 g/mol. The number of benzene rings is 2. The van der Waals surface area contributed by atoms with Crippen LogP contribution in [0.3, 0.4) is 0 Å². The molecule has 9 heteroatoms. The molecule has 0 unspecified atom stereocenters. The fraction of sp³-hybridized carbons (Fsp3) is 0.217. The van der Waals surface area contributed by atoms with Crippen molar-refractivity contribution in [3.05, 3.63) is 82.2 Å². The van der Waals surface area contributed by atoms with E-state index in [0.717, 1.165) is 11.4 Å². The first-order valence-corrected chi connectivity index (χ1v) is 10.1. The van der Waals surface area contributed by atoms with Crippen LogP contribution in [0.4, 0.5) is 11.4 Å². The highest BCUT2D eigenvalue weighted by molar-refractivity contribution is 5.96. The molecule has 0 atom stereocenters. The Labute approximate surface area is 184 Å². The van der Waals surface area contributed by atoms with Crippen molar-refractivity contribution in [2.75, 3.05) is 38.2 Å². The number of nitriles is 1. The SMILES string of the molecule is COc1ccc(-n2ccc(C#N)c2C(=O)N2CCN(c3ccc([N+](=O)[O-])cc3)CC2)cc1. The predicted molar refractivity (Wildman–Crippen MR) is 118 cm³/mol. The molecule has 0 spiro atoms. The zero-order valence-corrected chi connectivity index (χ0v) is 17.5. The average Bonchev–Trinajstić information content (AvgIpc) is 3.28. The van der Waals surface area contributed by atoms with Gasteiger partial charge in [0, 0.05) is 55.9 Å². The number of non-ortho nitro benzene ring substituents is 1. The number of anilines is 1. The lowest BCUT2D eigenvalue weighted by atomic mass is 10.2. The molecular formula is C23H21N5O4. The normalized spacial score (nSPS) is 13.5. The van der Waals surface area contributed by atoms with Gasteiger partial charge >= 0.3 is 0 Å². The van der Waals surface area contributed by atoms with Crippen molar-refractivity contribution in [2.24, 2.45) is 0 Å². The van der Waals surface area contributed by atoms with Crippen LogP contribution in [-0.4, -0.2) is 53.6 Å². The topological polar surface area (TPSA) is 105 Å². The van der Waals surface area contributed by atoms with Crippen LogP contribution in [0.15, 0.2) is 60.8 Å². The van der Waals surface area contributed by atoms with Crippen LogP contribution in [0.5, 0.6) is 5.75 Å². The molecule has 0 N–H and O–H groups in total. The number of nitrogens with zero attached hydrogens (tertiary/aromatic N) is 5. The van der Waals surface area contributed by atoms with E-state index >= 15 is 0 Å². The second-order valence-corrected chi connectivity index (χ2v) is 7.31. The molecule has 1 amide bonds. The van der Waals surface area contributed by atoms with Crippen molar-refractivity contribution in [2.45, 2.75) is 0 Å². The third kappa shape index (κ3) is 3.98. The van der Waals surface area contributed by atoms with E-state index in [1.54, 1.807) is 53.1 Å². The molecule has 0 aliphatic carbocycles. The highest BCUT2D eigenvalue weighted by Crippen LogP contribution is 2.24. The molecule has 3 aromatic rings. The number of methoxy groups -OCH3 is 1. The Balaban J connectivity index is 1.51. The molecule has 1 aliphatic rings. The number of nitro benzene ring substituents is 1. The Morgan fingerprint density at radius 3 is 2.19 bits per heavy atom. The molecule has 1 fully saturated rings. The van der Waals surface area contributed by atoms with E-state index < -0.39 is 4.92 Å². The maximum atomic E-state index is 13.4. The van der Waals surface area contributed by atoms with Crippen molar-refractivity contribution in [3.63, 3.8) is 0 Å². The number of hydrogen-bond donors (Lipinski definition) is 0. The molecule has 0 saturated carbocycles. The van der Waals surface area contributed by atoms with Gasteiger partial charge in [0.1, 0.15) is 17.5 Å². The van der Waals surface area contributed by atoms with Crippen LogP contribution in [0, 0.1) is 21.4 Å². The first kappa shape index (κ1) is 20.9. The van der Waals surface area contributed by atoms with Gasteiger partial charge < -0.3 is 19.1 Å². The van der Waals surface area contributed by atoms with Crippen molar-refractivity contribution in [1.82, 2.24) is 9.47 Å². The Kier molecular flexibility index (Phi) is 5.77. The van der Waals surface area contributed by atoms with Crippen molar-refractivity contribution >= 4 is 17.3 Å². The molecule has 4 rings (SSSR count). The van der Waals surface area contributed by atoms with E-state index in [4.69, 9.17) is 4.74 Å². The van der Waals surface area contributed by atoms with Crippen molar-refractivity contribution in [3.8, 4) is 17.5 Å². The standard InChI is InChI=1S/C23H21N5O4/c1-32-21-8-6-19(7-9-21)27-11-10-17(16-24)22(27)23(29)26-14-12-25(13-15-26)18-2-4-20(5-3-18)28(30)31/h2-11H,12-15H2,1H3. The summed E-state index contributed by atoms with van der Waals surface area (Å²) in [5, 5.41) is 20.4. The van der Waals surface area contributed by atoms with E-state index in [2.05, 4.69) is 11.0 Å². The fourth-order valence-corrected chi connectivity index (χ4v) is 3.80. The van der Waals surface area contributed by atoms with E-state index in [9.17, 15) is 20.2 Å². The van der Waals surface area contributed by atoms with E-state index in [-0.39, 0.29) is 11.6 Å². The largest absolute Gasteiger partial charge is 0.497 e. The van der Waals surface area contributed by atoms with Crippen molar-refractivity contribution < 1.29 is 14.5 Å². The summed E-state index contributed by atoms with van der Waals surface area (Å²) in [4.78, 5) is 27.6. The van der Waals surface area contributed by atoms with Gasteiger partial charge in [-0.15, -0.1) is 0 Å². The van der Waals surface area contributed by atoms with Gasteiger partial charge in [0.05, 0.1) is 17.6 Å². The zero-order chi connectivity index (χ0) is 22.7. The number of aromatic nitrogens is 1. The summed E-state index contributed by atoms with van der Waals surface area (Å²) < 4.78 is 6.92. The monoisotopic (exact) mass is 431 g/mol. The van der Waals surface area contributed by atoms with Crippen LogP contribution in [-0.2, 0) is 0 Å². The lowest BCUT2D eigenvalue weighted by Gasteiger charge is -2.36. The van der Waals surface area contributed by atoms with E-state index in [1.807, 2.05) is 12.1 Å². The Hall–Kier alpha value is -4.32. The Morgan fingerprint density at radius 2 is 1.62 bits per heavy atom. The maximum Gasteiger partial charge on any atom is 0.272 e. The van der Waals surface area contributed by atoms with Gasteiger partial charge in [-0.3, -0.25) is 14.9 Å². The number of nitro groups is 1. The third-order valence-corrected chi connectivity index (χ3v) is 5.55. The molecule has 2 heterocycles. The number of piperazine rings is 1. The number of carbonyl (C=O) groups excluding carboxylic acids is 1. The number of hydrogen-bond acceptors (Lipinski definition) is 6. The average molecular weight is 431 g/mol. The zero-order valence-electron chi connectivity index (χ0n) is 17.5. The highest BCUT2D eigenvalue weighted by Gasteiger charge is 2.27. The summed E-state index contributed by atoms with van der Waals surface area (Å²) in [5.41, 5.74) is 2.35. The van der Waals surface area contributed by atoms with Gasteiger partial charge in [-0.1, -0.05) is 0 Å². The third-order valence-electron chi connectivity index (χ3n) is 5.55. The lowest BCUT2D eigenvalue weighted by Crippen LogP contribution is -2.49. The highest BCUT2D eigenvalue weighted by atomic mass is 16.6. The minimum atomic E-state index is -0.426. The number of carbonyl (C=O) groups is 1. The smallest absolute Gasteiger partial charge is 0.272 e. The summed E-state index contributed by atoms with van der Waals surface area (Å²) >= 11 is 0. The van der Waals surface area contributed by atoms with Gasteiger partial charge in [0.2, 0.25) is 0 Å². The van der Waals surface area contributed by atoms with Gasteiger partial charge in [-0.25, -0.2) is 0 Å². The minimum Gasteiger partial charge on any atom is -0.497 e. The molecule has 2 aromatic carbocycles. The quantitative estimate of drug-likeness (QED) is 0.454. The molecule has 1 saturated heterocycles. The number of ether oxygens (including phenoxy) is 1. The Morgan fingerprint density at radius 1 is 1.00 bits per heavy atom. The van der Waals surface area contributed by atoms with E-state index in [0.29, 0.717) is 43.2 Å². The van der Waals surface area contributed by atoms with Crippen LogP contribution in [0.1, 0.15) is 16.1 Å². The summed E-state index contributed by atoms with van der Waals surface area (Å²) in [7, 11) is 1.59. The summed E-state index contributed by atoms with van der Waals surface area (Å²) in [5.74, 6) is 0.502. The maximum absolute atomic E-state index is 13.4. The molecule has 32 heavy (non-hydrogen) atoms. The number of rotatable bonds is 5. The van der Waals surface area contributed by atoms with Gasteiger partial charge in [-0.2, -0.15) is 5.26 Å². The van der Waals surface area contributed by atoms with Crippen molar-refractivity contribution in [1.29, 1.82) is 5.26 Å². The summed E-state index contributed by atoms with van der Waals surface area (Å²) in [6.45, 7) is 2.15.